The number of likely N-dealkylation sites (N-methyl/N-ethyl adjacent to an activating group) is 1. The fourth-order valence-corrected chi connectivity index (χ4v) is 2.63. The molecule has 106 valence electrons. The highest BCUT2D eigenvalue weighted by Crippen LogP contribution is 2.22. The predicted octanol–water partition coefficient (Wildman–Crippen LogP) is 3.73. The Bertz CT molecular complexity index is 561. The van der Waals surface area contributed by atoms with Crippen molar-refractivity contribution in [1.29, 1.82) is 0 Å². The third-order valence-corrected chi connectivity index (χ3v) is 3.35. The van der Waals surface area contributed by atoms with Gasteiger partial charge >= 0.3 is 0 Å². The summed E-state index contributed by atoms with van der Waals surface area (Å²) in [6.07, 6.45) is 3.70. The molecule has 1 unspecified atom stereocenters. The number of halogens is 1. The van der Waals surface area contributed by atoms with Crippen molar-refractivity contribution in [3.63, 3.8) is 0 Å². The van der Waals surface area contributed by atoms with Crippen LogP contribution in [-0.4, -0.2) is 11.5 Å². The first kappa shape index (κ1) is 14.7. The zero-order valence-corrected chi connectivity index (χ0v) is 12.3. The zero-order chi connectivity index (χ0) is 14.5. The van der Waals surface area contributed by atoms with Crippen LogP contribution in [0, 0.1) is 19.7 Å². The van der Waals surface area contributed by atoms with Crippen LogP contribution in [0.15, 0.2) is 36.7 Å². The van der Waals surface area contributed by atoms with E-state index in [0.29, 0.717) is 5.56 Å². The largest absolute Gasteiger partial charge is 0.310 e. The van der Waals surface area contributed by atoms with Gasteiger partial charge in [0.25, 0.3) is 0 Å². The van der Waals surface area contributed by atoms with Gasteiger partial charge < -0.3 is 5.32 Å². The molecular weight excluding hydrogens is 251 g/mol. The highest BCUT2D eigenvalue weighted by Gasteiger charge is 2.15. The molecule has 0 fully saturated rings. The number of aromatic nitrogens is 1. The second-order valence-corrected chi connectivity index (χ2v) is 5.21. The van der Waals surface area contributed by atoms with E-state index in [-0.39, 0.29) is 11.9 Å². The maximum Gasteiger partial charge on any atom is 0.146 e. The van der Waals surface area contributed by atoms with Crippen LogP contribution in [0.1, 0.15) is 35.2 Å². The molecule has 1 heterocycles. The number of pyridine rings is 1. The normalized spacial score (nSPS) is 12.4. The molecule has 3 heteroatoms. The fraction of sp³-hybridized carbons (Fsp3) is 0.353. The first-order valence-electron chi connectivity index (χ1n) is 7.00. The molecular formula is C17H21FN2. The van der Waals surface area contributed by atoms with E-state index in [4.69, 9.17) is 0 Å². The van der Waals surface area contributed by atoms with Crippen molar-refractivity contribution in [2.45, 2.75) is 33.2 Å². The molecule has 0 amide bonds. The van der Waals surface area contributed by atoms with E-state index in [2.05, 4.69) is 42.3 Å². The van der Waals surface area contributed by atoms with Crippen LogP contribution in [-0.2, 0) is 6.42 Å². The molecule has 0 aliphatic rings. The molecule has 0 spiro atoms. The first-order chi connectivity index (χ1) is 9.60. The third-order valence-electron chi connectivity index (χ3n) is 3.35. The van der Waals surface area contributed by atoms with Gasteiger partial charge in [0.2, 0.25) is 0 Å². The first-order valence-corrected chi connectivity index (χ1v) is 7.00. The average Bonchev–Trinajstić information content (AvgIpc) is 2.37. The van der Waals surface area contributed by atoms with Crippen molar-refractivity contribution in [2.75, 3.05) is 6.54 Å². The molecule has 0 saturated carbocycles. The van der Waals surface area contributed by atoms with E-state index in [1.54, 1.807) is 12.3 Å². The van der Waals surface area contributed by atoms with Crippen molar-refractivity contribution >= 4 is 0 Å². The summed E-state index contributed by atoms with van der Waals surface area (Å²) in [5.74, 6) is -0.247. The summed E-state index contributed by atoms with van der Waals surface area (Å²) in [7, 11) is 0. The summed E-state index contributed by atoms with van der Waals surface area (Å²) in [5.41, 5.74) is 4.39. The Morgan fingerprint density at radius 1 is 1.20 bits per heavy atom. The van der Waals surface area contributed by atoms with Crippen LogP contribution in [0.5, 0.6) is 0 Å². The number of hydrogen-bond acceptors (Lipinski definition) is 2. The predicted molar refractivity (Wildman–Crippen MR) is 80.2 cm³/mol. The lowest BCUT2D eigenvalue weighted by Gasteiger charge is -2.19. The van der Waals surface area contributed by atoms with Gasteiger partial charge in [0.15, 0.2) is 0 Å². The smallest absolute Gasteiger partial charge is 0.146 e. The van der Waals surface area contributed by atoms with Gasteiger partial charge in [0.1, 0.15) is 5.82 Å². The van der Waals surface area contributed by atoms with Crippen LogP contribution in [0.25, 0.3) is 0 Å². The Kier molecular flexibility index (Phi) is 4.85. The monoisotopic (exact) mass is 272 g/mol. The quantitative estimate of drug-likeness (QED) is 0.897. The lowest BCUT2D eigenvalue weighted by Crippen LogP contribution is -2.24. The average molecular weight is 272 g/mol. The van der Waals surface area contributed by atoms with Gasteiger partial charge in [-0.05, 0) is 38.4 Å². The molecule has 1 N–H and O–H groups in total. The Morgan fingerprint density at radius 2 is 1.90 bits per heavy atom. The highest BCUT2D eigenvalue weighted by atomic mass is 19.1. The lowest BCUT2D eigenvalue weighted by molar-refractivity contribution is 0.507. The van der Waals surface area contributed by atoms with Gasteiger partial charge in [-0.1, -0.05) is 36.2 Å². The van der Waals surface area contributed by atoms with Gasteiger partial charge in [-0.15, -0.1) is 0 Å². The molecule has 2 aromatic rings. The molecule has 2 nitrogen and oxygen atoms in total. The lowest BCUT2D eigenvalue weighted by atomic mass is 9.97. The Morgan fingerprint density at radius 3 is 2.50 bits per heavy atom. The van der Waals surface area contributed by atoms with Crippen molar-refractivity contribution in [1.82, 2.24) is 10.3 Å². The van der Waals surface area contributed by atoms with E-state index in [0.717, 1.165) is 13.0 Å². The van der Waals surface area contributed by atoms with Crippen LogP contribution < -0.4 is 5.32 Å². The number of nitrogens with zero attached hydrogens (tertiary/aromatic N) is 1. The standard InChI is InChI=1S/C17H21FN2/c1-4-20-17(15-5-6-19-11-16(15)18)10-14-8-12(2)7-13(3)9-14/h5-9,11,17,20H,4,10H2,1-3H3. The van der Waals surface area contributed by atoms with Crippen LogP contribution >= 0.6 is 0 Å². The molecule has 0 saturated heterocycles. The van der Waals surface area contributed by atoms with Crippen LogP contribution in [0.2, 0.25) is 0 Å². The van der Waals surface area contributed by atoms with Crippen molar-refractivity contribution in [3.05, 3.63) is 64.7 Å². The maximum atomic E-state index is 13.9. The fourth-order valence-electron chi connectivity index (χ4n) is 2.63. The Balaban J connectivity index is 2.28. The van der Waals surface area contributed by atoms with Gasteiger partial charge in [0, 0.05) is 17.8 Å². The molecule has 1 atom stereocenters. The summed E-state index contributed by atoms with van der Waals surface area (Å²) in [4.78, 5) is 3.82. The molecule has 0 aliphatic carbocycles. The summed E-state index contributed by atoms with van der Waals surface area (Å²) in [5, 5.41) is 3.36. The number of aryl methyl sites for hydroxylation is 2. The molecule has 0 bridgehead atoms. The summed E-state index contributed by atoms with van der Waals surface area (Å²) in [6, 6.07) is 8.21. The van der Waals surface area contributed by atoms with Crippen molar-refractivity contribution in [3.8, 4) is 0 Å². The zero-order valence-electron chi connectivity index (χ0n) is 12.3. The molecule has 0 radical (unpaired) electrons. The highest BCUT2D eigenvalue weighted by molar-refractivity contribution is 5.30. The molecule has 2 rings (SSSR count). The Hall–Kier alpha value is -1.74. The number of benzene rings is 1. The molecule has 0 aliphatic heterocycles. The van der Waals surface area contributed by atoms with Gasteiger partial charge in [-0.25, -0.2) is 4.39 Å². The minimum atomic E-state index is -0.247. The summed E-state index contributed by atoms with van der Waals surface area (Å²) < 4.78 is 13.9. The number of rotatable bonds is 5. The topological polar surface area (TPSA) is 24.9 Å². The van der Waals surface area contributed by atoms with E-state index < -0.39 is 0 Å². The second kappa shape index (κ2) is 6.62. The minimum Gasteiger partial charge on any atom is -0.310 e. The molecule has 1 aromatic heterocycles. The van der Waals surface area contributed by atoms with Crippen LogP contribution in [0.4, 0.5) is 4.39 Å². The number of nitrogens with one attached hydrogen (secondary N) is 1. The van der Waals surface area contributed by atoms with E-state index in [1.807, 2.05) is 6.92 Å². The van der Waals surface area contributed by atoms with Crippen molar-refractivity contribution in [2.24, 2.45) is 0 Å². The summed E-state index contributed by atoms with van der Waals surface area (Å²) in [6.45, 7) is 7.02. The SMILES string of the molecule is CCNC(Cc1cc(C)cc(C)c1)c1ccncc1F. The molecule has 20 heavy (non-hydrogen) atoms. The van der Waals surface area contributed by atoms with Gasteiger partial charge in [-0.3, -0.25) is 4.98 Å². The number of hydrogen-bond donors (Lipinski definition) is 1. The van der Waals surface area contributed by atoms with Gasteiger partial charge in [-0.2, -0.15) is 0 Å². The van der Waals surface area contributed by atoms with E-state index in [9.17, 15) is 4.39 Å². The molecule has 1 aromatic carbocycles. The van der Waals surface area contributed by atoms with E-state index >= 15 is 0 Å². The summed E-state index contributed by atoms with van der Waals surface area (Å²) >= 11 is 0. The van der Waals surface area contributed by atoms with Crippen molar-refractivity contribution < 1.29 is 4.39 Å². The minimum absolute atomic E-state index is 0.0239. The Labute approximate surface area is 120 Å². The van der Waals surface area contributed by atoms with E-state index in [1.165, 1.54) is 22.9 Å². The van der Waals surface area contributed by atoms with Gasteiger partial charge in [0.05, 0.1) is 6.20 Å². The van der Waals surface area contributed by atoms with Crippen LogP contribution in [0.3, 0.4) is 0 Å². The second-order valence-electron chi connectivity index (χ2n) is 5.21. The third kappa shape index (κ3) is 3.64. The maximum absolute atomic E-state index is 13.9.